The van der Waals surface area contributed by atoms with Crippen LogP contribution in [0.25, 0.3) is 10.2 Å². The number of ether oxygens (including phenoxy) is 1. The van der Waals surface area contributed by atoms with Crippen molar-refractivity contribution in [3.8, 4) is 0 Å². The number of fused-ring (bicyclic) bond motifs is 1. The summed E-state index contributed by atoms with van der Waals surface area (Å²) in [5.74, 6) is -1.27. The Morgan fingerprint density at radius 1 is 1.06 bits per heavy atom. The van der Waals surface area contributed by atoms with E-state index >= 15 is 0 Å². The third-order valence-electron chi connectivity index (χ3n) is 4.91. The monoisotopic (exact) mass is 465 g/mol. The highest BCUT2D eigenvalue weighted by Crippen LogP contribution is 2.30. The second-order valence-corrected chi connectivity index (χ2v) is 7.64. The first-order chi connectivity index (χ1) is 14.5. The van der Waals surface area contributed by atoms with Crippen LogP contribution in [-0.2, 0) is 4.74 Å². The second kappa shape index (κ2) is 11.2. The van der Waals surface area contributed by atoms with Gasteiger partial charge < -0.3 is 9.64 Å². The van der Waals surface area contributed by atoms with Gasteiger partial charge in [0.25, 0.3) is 5.91 Å². The summed E-state index contributed by atoms with van der Waals surface area (Å²) in [5, 5.41) is 0.465. The molecule has 1 aromatic heterocycles. The molecule has 9 heteroatoms. The molecule has 0 fully saturated rings. The number of nitrogens with zero attached hydrogens (tertiary/aromatic N) is 3. The SMILES string of the molecule is CCN(CC)CCN(C(=O)c1ccccc1C(=O)OC)c1nc2ccc(F)cc2s1.Cl. The average Bonchev–Trinajstić information content (AvgIpc) is 3.18. The van der Waals surface area contributed by atoms with Gasteiger partial charge in [0.2, 0.25) is 0 Å². The summed E-state index contributed by atoms with van der Waals surface area (Å²) in [6, 6.07) is 10.9. The molecule has 3 aromatic rings. The third-order valence-corrected chi connectivity index (χ3v) is 5.95. The Bertz CT molecular complexity index is 1060. The number of rotatable bonds is 8. The van der Waals surface area contributed by atoms with E-state index in [0.29, 0.717) is 28.4 Å². The zero-order chi connectivity index (χ0) is 21.7. The number of amides is 1. The number of likely N-dealkylation sites (N-methyl/N-ethyl adjacent to an activating group) is 1. The van der Waals surface area contributed by atoms with Crippen molar-refractivity contribution in [1.82, 2.24) is 9.88 Å². The molecule has 0 atom stereocenters. The number of carbonyl (C=O) groups is 2. The highest BCUT2D eigenvalue weighted by Gasteiger charge is 2.26. The number of methoxy groups -OCH3 is 1. The maximum absolute atomic E-state index is 13.6. The van der Waals surface area contributed by atoms with E-state index in [1.807, 2.05) is 0 Å². The Morgan fingerprint density at radius 3 is 2.39 bits per heavy atom. The smallest absolute Gasteiger partial charge is 0.338 e. The predicted octanol–water partition coefficient (Wildman–Crippen LogP) is 4.63. The van der Waals surface area contributed by atoms with Gasteiger partial charge in [0.15, 0.2) is 5.13 Å². The summed E-state index contributed by atoms with van der Waals surface area (Å²) < 4.78 is 19.1. The summed E-state index contributed by atoms with van der Waals surface area (Å²) in [7, 11) is 1.28. The molecule has 0 saturated heterocycles. The average molecular weight is 466 g/mol. The maximum atomic E-state index is 13.6. The lowest BCUT2D eigenvalue weighted by Crippen LogP contribution is -2.39. The molecular weight excluding hydrogens is 441 g/mol. The quantitative estimate of drug-likeness (QED) is 0.454. The van der Waals surface area contributed by atoms with Crippen molar-refractivity contribution in [3.05, 3.63) is 59.4 Å². The van der Waals surface area contributed by atoms with Gasteiger partial charge in [-0.2, -0.15) is 0 Å². The van der Waals surface area contributed by atoms with Crippen molar-refractivity contribution in [2.45, 2.75) is 13.8 Å². The van der Waals surface area contributed by atoms with Gasteiger partial charge >= 0.3 is 5.97 Å². The zero-order valence-corrected chi connectivity index (χ0v) is 19.3. The minimum atomic E-state index is -0.575. The van der Waals surface area contributed by atoms with Crippen molar-refractivity contribution < 1.29 is 18.7 Å². The van der Waals surface area contributed by atoms with Crippen LogP contribution in [0.2, 0.25) is 0 Å². The molecule has 166 valence electrons. The van der Waals surface area contributed by atoms with Gasteiger partial charge in [-0.3, -0.25) is 9.69 Å². The van der Waals surface area contributed by atoms with E-state index < -0.39 is 5.97 Å². The Labute approximate surface area is 191 Å². The molecule has 1 amide bonds. The van der Waals surface area contributed by atoms with E-state index in [4.69, 9.17) is 4.74 Å². The Balaban J connectivity index is 0.00000341. The Morgan fingerprint density at radius 2 is 1.74 bits per heavy atom. The largest absolute Gasteiger partial charge is 0.465 e. The molecule has 6 nitrogen and oxygen atoms in total. The Kier molecular flexibility index (Phi) is 8.91. The number of hydrogen-bond donors (Lipinski definition) is 0. The van der Waals surface area contributed by atoms with E-state index in [-0.39, 0.29) is 35.3 Å². The molecule has 0 spiro atoms. The van der Waals surface area contributed by atoms with Crippen LogP contribution in [0.5, 0.6) is 0 Å². The van der Waals surface area contributed by atoms with Crippen LogP contribution in [0.1, 0.15) is 34.6 Å². The van der Waals surface area contributed by atoms with Crippen LogP contribution < -0.4 is 4.90 Å². The van der Waals surface area contributed by atoms with Gasteiger partial charge in [0, 0.05) is 13.1 Å². The number of carbonyl (C=O) groups excluding carboxylic acids is 2. The lowest BCUT2D eigenvalue weighted by molar-refractivity contribution is 0.0597. The van der Waals surface area contributed by atoms with E-state index in [2.05, 4.69) is 23.7 Å². The number of halogens is 2. The van der Waals surface area contributed by atoms with Gasteiger partial charge in [0.05, 0.1) is 28.5 Å². The van der Waals surface area contributed by atoms with E-state index in [1.165, 1.54) is 30.6 Å². The topological polar surface area (TPSA) is 62.7 Å². The lowest BCUT2D eigenvalue weighted by Gasteiger charge is -2.25. The highest BCUT2D eigenvalue weighted by molar-refractivity contribution is 7.22. The van der Waals surface area contributed by atoms with Gasteiger partial charge in [-0.25, -0.2) is 14.2 Å². The molecule has 0 saturated carbocycles. The molecule has 0 unspecified atom stereocenters. The standard InChI is InChI=1S/C22H24FN3O3S.ClH/c1-4-25(5-2)12-13-26(22-24-18-11-10-15(23)14-19(18)30-22)20(27)16-8-6-7-9-17(16)21(28)29-3;/h6-11,14H,4-5,12-13H2,1-3H3;1H. The molecule has 0 aliphatic heterocycles. The molecule has 3 rings (SSSR count). The second-order valence-electron chi connectivity index (χ2n) is 6.63. The Hall–Kier alpha value is -2.55. The van der Waals surface area contributed by atoms with Crippen molar-refractivity contribution in [1.29, 1.82) is 0 Å². The van der Waals surface area contributed by atoms with Crippen molar-refractivity contribution in [2.24, 2.45) is 0 Å². The van der Waals surface area contributed by atoms with Crippen LogP contribution >= 0.6 is 23.7 Å². The normalized spacial score (nSPS) is 10.7. The van der Waals surface area contributed by atoms with Crippen LogP contribution in [0, 0.1) is 5.82 Å². The third kappa shape index (κ3) is 5.58. The fourth-order valence-corrected chi connectivity index (χ4v) is 4.18. The van der Waals surface area contributed by atoms with Gasteiger partial charge in [0.1, 0.15) is 5.82 Å². The molecule has 0 N–H and O–H groups in total. The molecule has 31 heavy (non-hydrogen) atoms. The first kappa shape index (κ1) is 24.7. The van der Waals surface area contributed by atoms with Crippen LogP contribution in [0.15, 0.2) is 42.5 Å². The number of aromatic nitrogens is 1. The van der Waals surface area contributed by atoms with Gasteiger partial charge in [-0.1, -0.05) is 37.3 Å². The summed E-state index contributed by atoms with van der Waals surface area (Å²) in [6.07, 6.45) is 0. The van der Waals surface area contributed by atoms with Crippen LogP contribution in [0.3, 0.4) is 0 Å². The van der Waals surface area contributed by atoms with Crippen LogP contribution in [-0.4, -0.2) is 55.0 Å². The van der Waals surface area contributed by atoms with E-state index in [0.717, 1.165) is 13.1 Å². The van der Waals surface area contributed by atoms with Crippen molar-refractivity contribution in [2.75, 3.05) is 38.2 Å². The minimum absolute atomic E-state index is 0. The van der Waals surface area contributed by atoms with Gasteiger partial charge in [-0.05, 0) is 43.4 Å². The molecule has 0 radical (unpaired) electrons. The number of anilines is 1. The first-order valence-electron chi connectivity index (χ1n) is 9.76. The highest BCUT2D eigenvalue weighted by atomic mass is 35.5. The molecular formula is C22H25ClFN3O3S. The fraction of sp³-hybridized carbons (Fsp3) is 0.318. The number of hydrogen-bond acceptors (Lipinski definition) is 6. The van der Waals surface area contributed by atoms with Crippen LogP contribution in [0.4, 0.5) is 9.52 Å². The summed E-state index contributed by atoms with van der Waals surface area (Å²) >= 11 is 1.25. The number of esters is 1. The molecule has 0 aliphatic carbocycles. The van der Waals surface area contributed by atoms with Crippen molar-refractivity contribution in [3.63, 3.8) is 0 Å². The summed E-state index contributed by atoms with van der Waals surface area (Å²) in [4.78, 5) is 34.0. The molecule has 0 aliphatic rings. The molecule has 2 aromatic carbocycles. The number of benzene rings is 2. The maximum Gasteiger partial charge on any atom is 0.338 e. The van der Waals surface area contributed by atoms with E-state index in [1.54, 1.807) is 35.2 Å². The number of thiazole rings is 1. The fourth-order valence-electron chi connectivity index (χ4n) is 3.17. The minimum Gasteiger partial charge on any atom is -0.465 e. The van der Waals surface area contributed by atoms with Gasteiger partial charge in [-0.15, -0.1) is 12.4 Å². The molecule has 1 heterocycles. The van der Waals surface area contributed by atoms with E-state index in [9.17, 15) is 14.0 Å². The summed E-state index contributed by atoms with van der Waals surface area (Å²) in [6.45, 7) is 6.85. The first-order valence-corrected chi connectivity index (χ1v) is 10.6. The zero-order valence-electron chi connectivity index (χ0n) is 17.6. The predicted molar refractivity (Wildman–Crippen MR) is 124 cm³/mol. The molecule has 0 bridgehead atoms. The summed E-state index contributed by atoms with van der Waals surface area (Å²) in [5.41, 5.74) is 1.07. The van der Waals surface area contributed by atoms with Crippen molar-refractivity contribution >= 4 is 51.0 Å². The lowest BCUT2D eigenvalue weighted by atomic mass is 10.1.